The van der Waals surface area contributed by atoms with Gasteiger partial charge in [0.1, 0.15) is 0 Å². The van der Waals surface area contributed by atoms with Gasteiger partial charge in [0.15, 0.2) is 0 Å². The summed E-state index contributed by atoms with van der Waals surface area (Å²) in [5.74, 6) is 0.00398. The molecule has 0 fully saturated rings. The van der Waals surface area contributed by atoms with Crippen molar-refractivity contribution in [3.8, 4) is 0 Å². The van der Waals surface area contributed by atoms with Gasteiger partial charge in [0.05, 0.1) is 6.61 Å². The van der Waals surface area contributed by atoms with Crippen molar-refractivity contribution in [2.24, 2.45) is 0 Å². The Hall–Kier alpha value is -1.91. The lowest BCUT2D eigenvalue weighted by Gasteiger charge is -2.21. The number of nitrogens with zero attached hydrogens (tertiary/aromatic N) is 1. The zero-order valence-corrected chi connectivity index (χ0v) is 12.9. The lowest BCUT2D eigenvalue weighted by atomic mass is 10.2. The Bertz CT molecular complexity index is 564. The van der Waals surface area contributed by atoms with Crippen LogP contribution >= 0.6 is 11.3 Å². The third-order valence-corrected chi connectivity index (χ3v) is 3.86. The first-order valence-corrected chi connectivity index (χ1v) is 7.71. The molecule has 3 nitrogen and oxygen atoms in total. The van der Waals surface area contributed by atoms with Gasteiger partial charge in [-0.15, -0.1) is 11.3 Å². The predicted molar refractivity (Wildman–Crippen MR) is 87.1 cm³/mol. The van der Waals surface area contributed by atoms with E-state index in [1.807, 2.05) is 53.9 Å². The molecule has 0 saturated heterocycles. The molecule has 2 aromatic rings. The van der Waals surface area contributed by atoms with Gasteiger partial charge in [-0.1, -0.05) is 36.4 Å². The minimum atomic E-state index is 0.00398. The summed E-state index contributed by atoms with van der Waals surface area (Å²) in [5, 5.41) is 2.00. The van der Waals surface area contributed by atoms with E-state index < -0.39 is 0 Å². The van der Waals surface area contributed by atoms with E-state index in [-0.39, 0.29) is 5.91 Å². The van der Waals surface area contributed by atoms with Gasteiger partial charge >= 0.3 is 0 Å². The molecular formula is C17H19NO2S. The molecule has 0 unspecified atom stereocenters. The van der Waals surface area contributed by atoms with E-state index in [4.69, 9.17) is 4.74 Å². The molecule has 21 heavy (non-hydrogen) atoms. The van der Waals surface area contributed by atoms with Gasteiger partial charge in [-0.05, 0) is 23.1 Å². The summed E-state index contributed by atoms with van der Waals surface area (Å²) in [4.78, 5) is 15.2. The normalized spacial score (nSPS) is 10.9. The smallest absolute Gasteiger partial charge is 0.246 e. The summed E-state index contributed by atoms with van der Waals surface area (Å²) in [7, 11) is 1.65. The van der Waals surface area contributed by atoms with Crippen LogP contribution in [-0.2, 0) is 16.1 Å². The van der Waals surface area contributed by atoms with Crippen LogP contribution in [0.3, 0.4) is 0 Å². The average molecular weight is 301 g/mol. The van der Waals surface area contributed by atoms with Crippen LogP contribution in [0.25, 0.3) is 6.08 Å². The van der Waals surface area contributed by atoms with Crippen molar-refractivity contribution in [3.63, 3.8) is 0 Å². The highest BCUT2D eigenvalue weighted by Gasteiger charge is 2.10. The van der Waals surface area contributed by atoms with Crippen LogP contribution in [0.1, 0.15) is 10.4 Å². The number of ether oxygens (including phenoxy) is 1. The number of thiophene rings is 1. The maximum absolute atomic E-state index is 12.3. The maximum Gasteiger partial charge on any atom is 0.246 e. The molecule has 0 spiro atoms. The van der Waals surface area contributed by atoms with Crippen molar-refractivity contribution in [2.45, 2.75) is 6.54 Å². The summed E-state index contributed by atoms with van der Waals surface area (Å²) in [6.45, 7) is 1.71. The zero-order valence-electron chi connectivity index (χ0n) is 12.1. The molecule has 1 aromatic heterocycles. The van der Waals surface area contributed by atoms with E-state index >= 15 is 0 Å². The van der Waals surface area contributed by atoms with E-state index in [1.54, 1.807) is 29.4 Å². The molecule has 1 amide bonds. The summed E-state index contributed by atoms with van der Waals surface area (Å²) in [6.07, 6.45) is 3.49. The second kappa shape index (κ2) is 8.39. The van der Waals surface area contributed by atoms with E-state index in [0.717, 1.165) is 10.4 Å². The lowest BCUT2D eigenvalue weighted by molar-refractivity contribution is -0.127. The van der Waals surface area contributed by atoms with Crippen LogP contribution < -0.4 is 0 Å². The quantitative estimate of drug-likeness (QED) is 0.733. The Kier molecular flexibility index (Phi) is 6.19. The molecule has 0 radical (unpaired) electrons. The Morgan fingerprint density at radius 2 is 2.05 bits per heavy atom. The van der Waals surface area contributed by atoms with Gasteiger partial charge in [-0.2, -0.15) is 0 Å². The number of methoxy groups -OCH3 is 1. The lowest BCUT2D eigenvalue weighted by Crippen LogP contribution is -2.32. The van der Waals surface area contributed by atoms with Crippen molar-refractivity contribution in [1.29, 1.82) is 0 Å². The molecule has 4 heteroatoms. The van der Waals surface area contributed by atoms with Crippen molar-refractivity contribution < 1.29 is 9.53 Å². The Morgan fingerprint density at radius 3 is 2.71 bits per heavy atom. The highest BCUT2D eigenvalue weighted by atomic mass is 32.1. The van der Waals surface area contributed by atoms with Gasteiger partial charge in [0, 0.05) is 31.2 Å². The first-order chi connectivity index (χ1) is 10.3. The molecule has 0 atom stereocenters. The van der Waals surface area contributed by atoms with Crippen LogP contribution in [0.15, 0.2) is 53.9 Å². The SMILES string of the molecule is COCCN(Cc1ccccc1)C(=O)C=Cc1cccs1. The number of amides is 1. The number of carbonyl (C=O) groups excluding carboxylic acids is 1. The maximum atomic E-state index is 12.3. The van der Waals surface area contributed by atoms with Crippen molar-refractivity contribution >= 4 is 23.3 Å². The van der Waals surface area contributed by atoms with Gasteiger partial charge < -0.3 is 9.64 Å². The molecule has 0 bridgehead atoms. The summed E-state index contributed by atoms with van der Waals surface area (Å²) < 4.78 is 5.09. The molecule has 0 aliphatic rings. The molecule has 110 valence electrons. The topological polar surface area (TPSA) is 29.5 Å². The highest BCUT2D eigenvalue weighted by molar-refractivity contribution is 7.10. The van der Waals surface area contributed by atoms with Crippen molar-refractivity contribution in [3.05, 3.63) is 64.4 Å². The van der Waals surface area contributed by atoms with Crippen LogP contribution in [0.5, 0.6) is 0 Å². The number of rotatable bonds is 7. The molecule has 0 aliphatic carbocycles. The summed E-state index contributed by atoms with van der Waals surface area (Å²) in [5.41, 5.74) is 1.12. The molecule has 0 N–H and O–H groups in total. The van der Waals surface area contributed by atoms with Crippen LogP contribution in [0.2, 0.25) is 0 Å². The fourth-order valence-electron chi connectivity index (χ4n) is 1.92. The molecular weight excluding hydrogens is 282 g/mol. The predicted octanol–water partition coefficient (Wildman–Crippen LogP) is 3.44. The van der Waals surface area contributed by atoms with E-state index in [2.05, 4.69) is 0 Å². The summed E-state index contributed by atoms with van der Waals surface area (Å²) in [6, 6.07) is 14.0. The monoisotopic (exact) mass is 301 g/mol. The van der Waals surface area contributed by atoms with Crippen molar-refractivity contribution in [1.82, 2.24) is 4.90 Å². The number of hydrogen-bond acceptors (Lipinski definition) is 3. The first-order valence-electron chi connectivity index (χ1n) is 6.83. The van der Waals surface area contributed by atoms with Gasteiger partial charge in [-0.3, -0.25) is 4.79 Å². The van der Waals surface area contributed by atoms with Crippen LogP contribution in [0, 0.1) is 0 Å². The molecule has 0 saturated carbocycles. The molecule has 1 heterocycles. The standard InChI is InChI=1S/C17H19NO2S/c1-20-12-11-18(14-15-6-3-2-4-7-15)17(19)10-9-16-8-5-13-21-16/h2-10,13H,11-12,14H2,1H3. The van der Waals surface area contributed by atoms with Gasteiger partial charge in [-0.25, -0.2) is 0 Å². The summed E-state index contributed by atoms with van der Waals surface area (Å²) >= 11 is 1.62. The van der Waals surface area contributed by atoms with E-state index in [9.17, 15) is 4.79 Å². The zero-order chi connectivity index (χ0) is 14.9. The Morgan fingerprint density at radius 1 is 1.24 bits per heavy atom. The Balaban J connectivity index is 2.02. The number of hydrogen-bond donors (Lipinski definition) is 0. The second-order valence-electron chi connectivity index (χ2n) is 4.59. The minimum absolute atomic E-state index is 0.00398. The van der Waals surface area contributed by atoms with Gasteiger partial charge in [0.25, 0.3) is 0 Å². The molecule has 2 rings (SSSR count). The molecule has 0 aliphatic heterocycles. The van der Waals surface area contributed by atoms with Crippen molar-refractivity contribution in [2.75, 3.05) is 20.3 Å². The third kappa shape index (κ3) is 5.17. The largest absolute Gasteiger partial charge is 0.383 e. The average Bonchev–Trinajstić information content (AvgIpc) is 3.03. The van der Waals surface area contributed by atoms with Gasteiger partial charge in [0.2, 0.25) is 5.91 Å². The Labute approximate surface area is 129 Å². The fourth-order valence-corrected chi connectivity index (χ4v) is 2.54. The number of benzene rings is 1. The van der Waals surface area contributed by atoms with Crippen LogP contribution in [0.4, 0.5) is 0 Å². The van der Waals surface area contributed by atoms with Crippen LogP contribution in [-0.4, -0.2) is 31.1 Å². The second-order valence-corrected chi connectivity index (χ2v) is 5.57. The van der Waals surface area contributed by atoms with E-state index in [1.165, 1.54) is 0 Å². The van der Waals surface area contributed by atoms with E-state index in [0.29, 0.717) is 19.7 Å². The molecule has 1 aromatic carbocycles. The minimum Gasteiger partial charge on any atom is -0.383 e. The third-order valence-electron chi connectivity index (χ3n) is 3.03. The highest BCUT2D eigenvalue weighted by Crippen LogP contribution is 2.11. The fraction of sp³-hybridized carbons (Fsp3) is 0.235. The first kappa shape index (κ1) is 15.5. The number of carbonyl (C=O) groups is 1.